The number of rotatable bonds is 5. The predicted octanol–water partition coefficient (Wildman–Crippen LogP) is 1.75. The van der Waals surface area contributed by atoms with Crippen LogP contribution in [0.3, 0.4) is 0 Å². The summed E-state index contributed by atoms with van der Waals surface area (Å²) in [4.78, 5) is 21.1. The molecule has 0 saturated carbocycles. The number of carbonyl (C=O) groups is 1. The molecule has 1 atom stereocenters. The summed E-state index contributed by atoms with van der Waals surface area (Å²) in [6, 6.07) is 2.25. The second kappa shape index (κ2) is 7.20. The summed E-state index contributed by atoms with van der Waals surface area (Å²) in [5.41, 5.74) is 0.0877. The van der Waals surface area contributed by atoms with Gasteiger partial charge in [-0.05, 0) is 12.5 Å². The average molecular weight is 373 g/mol. The van der Waals surface area contributed by atoms with Crippen LogP contribution in [-0.4, -0.2) is 51.4 Å². The molecule has 3 rings (SSSR count). The third kappa shape index (κ3) is 4.63. The molecule has 140 valence electrons. The van der Waals surface area contributed by atoms with E-state index in [1.807, 2.05) is 0 Å². The molecule has 2 aromatic heterocycles. The first-order valence-corrected chi connectivity index (χ1v) is 7.56. The van der Waals surface area contributed by atoms with E-state index >= 15 is 0 Å². The van der Waals surface area contributed by atoms with Crippen molar-refractivity contribution >= 4 is 5.91 Å². The highest BCUT2D eigenvalue weighted by atomic mass is 19.4. The van der Waals surface area contributed by atoms with Gasteiger partial charge in [0.1, 0.15) is 12.0 Å². The fourth-order valence-electron chi connectivity index (χ4n) is 2.34. The number of amides is 1. The van der Waals surface area contributed by atoms with Crippen molar-refractivity contribution < 1.29 is 37.0 Å². The Morgan fingerprint density at radius 3 is 2.85 bits per heavy atom. The molecule has 1 aliphatic rings. The minimum Gasteiger partial charge on any atom is -0.482 e. The van der Waals surface area contributed by atoms with Crippen LogP contribution in [0.1, 0.15) is 22.8 Å². The van der Waals surface area contributed by atoms with Gasteiger partial charge in [0.05, 0.1) is 12.3 Å². The molecule has 11 heteroatoms. The number of hydrogen-bond donors (Lipinski definition) is 1. The number of aromatic nitrogens is 2. The van der Waals surface area contributed by atoms with Gasteiger partial charge >= 0.3 is 6.36 Å². The van der Waals surface area contributed by atoms with Crippen LogP contribution in [-0.2, 0) is 6.61 Å². The lowest BCUT2D eigenvalue weighted by Crippen LogP contribution is -2.29. The van der Waals surface area contributed by atoms with E-state index in [0.29, 0.717) is 13.0 Å². The van der Waals surface area contributed by atoms with E-state index in [4.69, 9.17) is 9.15 Å². The quantitative estimate of drug-likeness (QED) is 0.853. The smallest absolute Gasteiger partial charge is 0.482 e. The lowest BCUT2D eigenvalue weighted by molar-refractivity contribution is -0.276. The van der Waals surface area contributed by atoms with Gasteiger partial charge in [0, 0.05) is 19.2 Å². The highest BCUT2D eigenvalue weighted by molar-refractivity contribution is 5.92. The van der Waals surface area contributed by atoms with Crippen LogP contribution in [0, 0.1) is 0 Å². The van der Waals surface area contributed by atoms with E-state index in [9.17, 15) is 23.1 Å². The predicted molar refractivity (Wildman–Crippen MR) is 78.3 cm³/mol. The standard InChI is InChI=1S/C15H14F3N3O5/c16-15(17,18)26-12-2-1-10(5-19-12)24-8-13-20-11(7-25-13)14(23)21-4-3-9(22)6-21/h1-2,5,7,9,22H,3-4,6,8H2/t9-/m1/s1. The summed E-state index contributed by atoms with van der Waals surface area (Å²) in [6.07, 6.45) is -2.60. The van der Waals surface area contributed by atoms with Crippen LogP contribution in [0.2, 0.25) is 0 Å². The highest BCUT2D eigenvalue weighted by Crippen LogP contribution is 2.22. The second-order valence-electron chi connectivity index (χ2n) is 5.49. The number of aliphatic hydroxyl groups is 1. The normalized spacial score (nSPS) is 17.4. The first kappa shape index (κ1) is 18.0. The molecule has 3 heterocycles. The Morgan fingerprint density at radius 2 is 2.23 bits per heavy atom. The number of halogens is 3. The minimum absolute atomic E-state index is 0.0877. The van der Waals surface area contributed by atoms with Crippen LogP contribution >= 0.6 is 0 Å². The summed E-state index contributed by atoms with van der Waals surface area (Å²) in [6.45, 7) is 0.545. The number of oxazole rings is 1. The number of aliphatic hydroxyl groups excluding tert-OH is 1. The van der Waals surface area contributed by atoms with E-state index < -0.39 is 18.3 Å². The Morgan fingerprint density at radius 1 is 1.42 bits per heavy atom. The van der Waals surface area contributed by atoms with Crippen molar-refractivity contribution in [2.75, 3.05) is 13.1 Å². The lowest BCUT2D eigenvalue weighted by Gasteiger charge is -2.12. The molecular formula is C15H14F3N3O5. The average Bonchev–Trinajstić information content (AvgIpc) is 3.21. The van der Waals surface area contributed by atoms with Gasteiger partial charge in [-0.15, -0.1) is 13.2 Å². The highest BCUT2D eigenvalue weighted by Gasteiger charge is 2.31. The molecule has 26 heavy (non-hydrogen) atoms. The van der Waals surface area contributed by atoms with Gasteiger partial charge < -0.3 is 23.9 Å². The summed E-state index contributed by atoms with van der Waals surface area (Å²) >= 11 is 0. The fourth-order valence-corrected chi connectivity index (χ4v) is 2.34. The molecule has 1 fully saturated rings. The molecule has 0 radical (unpaired) electrons. The van der Waals surface area contributed by atoms with Gasteiger partial charge in [0.15, 0.2) is 12.3 Å². The Hall–Kier alpha value is -2.82. The van der Waals surface area contributed by atoms with Crippen molar-refractivity contribution in [3.63, 3.8) is 0 Å². The molecule has 0 aliphatic carbocycles. The van der Waals surface area contributed by atoms with E-state index in [1.54, 1.807) is 0 Å². The molecule has 0 bridgehead atoms. The van der Waals surface area contributed by atoms with Gasteiger partial charge in [-0.3, -0.25) is 4.79 Å². The van der Waals surface area contributed by atoms with Crippen molar-refractivity contribution in [1.82, 2.24) is 14.9 Å². The third-order valence-corrected chi connectivity index (χ3v) is 3.51. The number of pyridine rings is 1. The van der Waals surface area contributed by atoms with Gasteiger partial charge in [0.2, 0.25) is 11.8 Å². The van der Waals surface area contributed by atoms with Gasteiger partial charge in [-0.2, -0.15) is 0 Å². The number of carbonyl (C=O) groups excluding carboxylic acids is 1. The summed E-state index contributed by atoms with van der Waals surface area (Å²) in [5, 5.41) is 9.46. The minimum atomic E-state index is -4.82. The van der Waals surface area contributed by atoms with Gasteiger partial charge in [-0.25, -0.2) is 9.97 Å². The van der Waals surface area contributed by atoms with Crippen LogP contribution in [0.15, 0.2) is 29.0 Å². The Balaban J connectivity index is 1.54. The van der Waals surface area contributed by atoms with Crippen LogP contribution in [0.25, 0.3) is 0 Å². The maximum absolute atomic E-state index is 12.2. The van der Waals surface area contributed by atoms with Crippen molar-refractivity contribution in [3.05, 3.63) is 36.2 Å². The van der Waals surface area contributed by atoms with Gasteiger partial charge in [-0.1, -0.05) is 0 Å². The molecule has 1 amide bonds. The zero-order chi connectivity index (χ0) is 18.7. The lowest BCUT2D eigenvalue weighted by atomic mass is 10.3. The zero-order valence-electron chi connectivity index (χ0n) is 13.3. The topological polar surface area (TPSA) is 97.9 Å². The Kier molecular flexibility index (Phi) is 4.98. The third-order valence-electron chi connectivity index (χ3n) is 3.51. The van der Waals surface area contributed by atoms with E-state index in [-0.39, 0.29) is 36.4 Å². The molecule has 8 nitrogen and oxygen atoms in total. The van der Waals surface area contributed by atoms with E-state index in [2.05, 4.69) is 14.7 Å². The van der Waals surface area contributed by atoms with Crippen LogP contribution < -0.4 is 9.47 Å². The van der Waals surface area contributed by atoms with Crippen molar-refractivity contribution in [2.24, 2.45) is 0 Å². The number of nitrogens with zero attached hydrogens (tertiary/aromatic N) is 3. The first-order valence-electron chi connectivity index (χ1n) is 7.56. The molecular weight excluding hydrogens is 359 g/mol. The fraction of sp³-hybridized carbons (Fsp3) is 0.400. The zero-order valence-corrected chi connectivity index (χ0v) is 13.3. The molecule has 0 unspecified atom stereocenters. The summed E-state index contributed by atoms with van der Waals surface area (Å²) < 4.78 is 50.2. The molecule has 1 N–H and O–H groups in total. The summed E-state index contributed by atoms with van der Waals surface area (Å²) in [7, 11) is 0. The largest absolute Gasteiger partial charge is 0.574 e. The number of alkyl halides is 3. The van der Waals surface area contributed by atoms with Crippen LogP contribution in [0.4, 0.5) is 13.2 Å². The maximum Gasteiger partial charge on any atom is 0.574 e. The molecule has 2 aromatic rings. The SMILES string of the molecule is O=C(c1coc(COc2ccc(OC(F)(F)F)nc2)n1)N1CC[C@@H](O)C1. The molecule has 1 saturated heterocycles. The van der Waals surface area contributed by atoms with Crippen molar-refractivity contribution in [1.29, 1.82) is 0 Å². The number of hydrogen-bond acceptors (Lipinski definition) is 7. The number of ether oxygens (including phenoxy) is 2. The summed E-state index contributed by atoms with van der Waals surface area (Å²) in [5.74, 6) is -0.675. The van der Waals surface area contributed by atoms with Crippen molar-refractivity contribution in [3.8, 4) is 11.6 Å². The Labute approximate surface area is 145 Å². The van der Waals surface area contributed by atoms with Crippen molar-refractivity contribution in [2.45, 2.75) is 25.5 Å². The number of β-amino-alcohol motifs (C(OH)–C–C–N with tert-alkyl or cyclic N) is 1. The van der Waals surface area contributed by atoms with E-state index in [0.717, 1.165) is 12.3 Å². The molecule has 0 spiro atoms. The molecule has 0 aromatic carbocycles. The monoisotopic (exact) mass is 373 g/mol. The Bertz CT molecular complexity index is 763. The number of likely N-dealkylation sites (tertiary alicyclic amines) is 1. The molecule has 1 aliphatic heterocycles. The van der Waals surface area contributed by atoms with Gasteiger partial charge in [0.25, 0.3) is 5.91 Å². The first-order chi connectivity index (χ1) is 12.3. The van der Waals surface area contributed by atoms with Crippen LogP contribution in [0.5, 0.6) is 11.6 Å². The van der Waals surface area contributed by atoms with E-state index in [1.165, 1.54) is 17.2 Å². The maximum atomic E-state index is 12.2. The second-order valence-corrected chi connectivity index (χ2v) is 5.49.